The Balaban J connectivity index is 2.41. The van der Waals surface area contributed by atoms with Crippen LogP contribution in [-0.2, 0) is 4.74 Å². The number of aliphatic hydroxyl groups excluding tert-OH is 3. The van der Waals surface area contributed by atoms with Crippen molar-refractivity contribution in [3.8, 4) is 0 Å². The predicted molar refractivity (Wildman–Crippen MR) is 59.1 cm³/mol. The van der Waals surface area contributed by atoms with Crippen molar-refractivity contribution in [3.05, 3.63) is 32.6 Å². The van der Waals surface area contributed by atoms with E-state index in [1.54, 1.807) is 0 Å². The first-order chi connectivity index (χ1) is 8.41. The first-order valence-electron chi connectivity index (χ1n) is 5.39. The van der Waals surface area contributed by atoms with Gasteiger partial charge in [-0.3, -0.25) is 14.3 Å². The standard InChI is InChI=1S/C10H14N2O6/c1-4-2-12(10(17)11-8(4)16)9-7(15)6(14)5(13)3-18-9/h2,5-7,9,13-15H,3H2,1H3,(H,11,16,17)/t5-,6-,7+,9?/m1/s1. The van der Waals surface area contributed by atoms with Gasteiger partial charge in [-0.25, -0.2) is 4.79 Å². The summed E-state index contributed by atoms with van der Waals surface area (Å²) in [4.78, 5) is 24.9. The van der Waals surface area contributed by atoms with Crippen LogP contribution in [0, 0.1) is 6.92 Å². The van der Waals surface area contributed by atoms with Crippen LogP contribution in [0.5, 0.6) is 0 Å². The third kappa shape index (κ3) is 2.10. The lowest BCUT2D eigenvalue weighted by Gasteiger charge is -2.35. The third-order valence-corrected chi connectivity index (χ3v) is 2.89. The largest absolute Gasteiger partial charge is 0.388 e. The summed E-state index contributed by atoms with van der Waals surface area (Å²) < 4.78 is 6.10. The van der Waals surface area contributed by atoms with Crippen molar-refractivity contribution in [2.24, 2.45) is 0 Å². The molecule has 1 unspecified atom stereocenters. The molecule has 4 N–H and O–H groups in total. The fourth-order valence-corrected chi connectivity index (χ4v) is 1.81. The number of hydrogen-bond donors (Lipinski definition) is 4. The van der Waals surface area contributed by atoms with E-state index in [4.69, 9.17) is 4.74 Å². The van der Waals surface area contributed by atoms with Gasteiger partial charge in [0.05, 0.1) is 6.61 Å². The highest BCUT2D eigenvalue weighted by Gasteiger charge is 2.39. The first-order valence-corrected chi connectivity index (χ1v) is 5.39. The zero-order chi connectivity index (χ0) is 13.4. The number of rotatable bonds is 1. The average Bonchev–Trinajstić information content (AvgIpc) is 2.32. The molecule has 0 saturated carbocycles. The highest BCUT2D eigenvalue weighted by atomic mass is 16.5. The molecular formula is C10H14N2O6. The summed E-state index contributed by atoms with van der Waals surface area (Å²) in [7, 11) is 0. The van der Waals surface area contributed by atoms with Crippen LogP contribution >= 0.6 is 0 Å². The van der Waals surface area contributed by atoms with Crippen LogP contribution in [0.2, 0.25) is 0 Å². The fraction of sp³-hybridized carbons (Fsp3) is 0.600. The molecular weight excluding hydrogens is 244 g/mol. The third-order valence-electron chi connectivity index (χ3n) is 2.89. The van der Waals surface area contributed by atoms with E-state index in [9.17, 15) is 24.9 Å². The molecule has 1 saturated heterocycles. The van der Waals surface area contributed by atoms with Crippen molar-refractivity contribution in [1.29, 1.82) is 0 Å². The lowest BCUT2D eigenvalue weighted by molar-refractivity contribution is -0.212. The Morgan fingerprint density at radius 2 is 2.00 bits per heavy atom. The zero-order valence-corrected chi connectivity index (χ0v) is 9.61. The van der Waals surface area contributed by atoms with Crippen LogP contribution < -0.4 is 11.2 Å². The van der Waals surface area contributed by atoms with Crippen LogP contribution in [0.4, 0.5) is 0 Å². The van der Waals surface area contributed by atoms with Gasteiger partial charge >= 0.3 is 5.69 Å². The smallest absolute Gasteiger partial charge is 0.330 e. The molecule has 18 heavy (non-hydrogen) atoms. The number of nitrogens with zero attached hydrogens (tertiary/aromatic N) is 1. The summed E-state index contributed by atoms with van der Waals surface area (Å²) in [5, 5.41) is 28.6. The number of nitrogens with one attached hydrogen (secondary N) is 1. The van der Waals surface area contributed by atoms with Crippen molar-refractivity contribution >= 4 is 0 Å². The molecule has 1 aliphatic heterocycles. The molecule has 1 fully saturated rings. The number of hydrogen-bond acceptors (Lipinski definition) is 6. The predicted octanol–water partition coefficient (Wildman–Crippen LogP) is -2.54. The molecule has 2 rings (SSSR count). The van der Waals surface area contributed by atoms with E-state index in [2.05, 4.69) is 4.98 Å². The Morgan fingerprint density at radius 1 is 1.33 bits per heavy atom. The maximum Gasteiger partial charge on any atom is 0.330 e. The van der Waals surface area contributed by atoms with E-state index in [0.717, 1.165) is 4.57 Å². The van der Waals surface area contributed by atoms with Gasteiger partial charge < -0.3 is 20.1 Å². The van der Waals surface area contributed by atoms with Gasteiger partial charge in [0.25, 0.3) is 5.56 Å². The van der Waals surface area contributed by atoms with Crippen molar-refractivity contribution in [3.63, 3.8) is 0 Å². The number of aromatic nitrogens is 2. The van der Waals surface area contributed by atoms with Crippen molar-refractivity contribution in [2.75, 3.05) is 6.61 Å². The molecule has 8 nitrogen and oxygen atoms in total. The number of aromatic amines is 1. The van der Waals surface area contributed by atoms with Gasteiger partial charge in [0.2, 0.25) is 0 Å². The van der Waals surface area contributed by atoms with Crippen LogP contribution in [0.3, 0.4) is 0 Å². The zero-order valence-electron chi connectivity index (χ0n) is 9.61. The maximum absolute atomic E-state index is 11.6. The number of H-pyrrole nitrogens is 1. The molecule has 2 heterocycles. The average molecular weight is 258 g/mol. The minimum Gasteiger partial charge on any atom is -0.388 e. The van der Waals surface area contributed by atoms with E-state index in [1.807, 2.05) is 0 Å². The van der Waals surface area contributed by atoms with Crippen molar-refractivity contribution in [1.82, 2.24) is 9.55 Å². The SMILES string of the molecule is Cc1cn(C2OC[C@@H](O)[C@@H](O)[C@@H]2O)c(=O)[nH]c1=O. The van der Waals surface area contributed by atoms with Gasteiger partial charge in [0, 0.05) is 11.8 Å². The maximum atomic E-state index is 11.6. The molecule has 0 amide bonds. The quantitative estimate of drug-likeness (QED) is 0.440. The molecule has 0 aliphatic carbocycles. The molecule has 100 valence electrons. The summed E-state index contributed by atoms with van der Waals surface area (Å²) in [6.45, 7) is 1.28. The van der Waals surface area contributed by atoms with Crippen LogP contribution in [-0.4, -0.2) is 49.8 Å². The number of aryl methyl sites for hydroxylation is 1. The van der Waals surface area contributed by atoms with Gasteiger partial charge in [-0.15, -0.1) is 0 Å². The molecule has 0 bridgehead atoms. The van der Waals surface area contributed by atoms with Gasteiger partial charge in [-0.2, -0.15) is 0 Å². The van der Waals surface area contributed by atoms with Crippen LogP contribution in [0.25, 0.3) is 0 Å². The second kappa shape index (κ2) is 4.65. The lowest BCUT2D eigenvalue weighted by atomic mass is 10.0. The molecule has 0 radical (unpaired) electrons. The molecule has 1 aromatic heterocycles. The normalized spacial score (nSPS) is 32.4. The van der Waals surface area contributed by atoms with E-state index in [-0.39, 0.29) is 12.2 Å². The lowest BCUT2D eigenvalue weighted by Crippen LogP contribution is -2.52. The monoisotopic (exact) mass is 258 g/mol. The topological polar surface area (TPSA) is 125 Å². The first kappa shape index (κ1) is 13.0. The Morgan fingerprint density at radius 3 is 2.67 bits per heavy atom. The Labute approximate surface area is 101 Å². The minimum absolute atomic E-state index is 0.215. The van der Waals surface area contributed by atoms with E-state index in [0.29, 0.717) is 0 Å². The highest BCUT2D eigenvalue weighted by molar-refractivity contribution is 5.02. The fourth-order valence-electron chi connectivity index (χ4n) is 1.81. The molecule has 0 spiro atoms. The Kier molecular flexibility index (Phi) is 3.35. The summed E-state index contributed by atoms with van der Waals surface area (Å²) >= 11 is 0. The van der Waals surface area contributed by atoms with Gasteiger partial charge in [0.15, 0.2) is 6.23 Å². The summed E-state index contributed by atoms with van der Waals surface area (Å²) in [6.07, 6.45) is -4.00. The highest BCUT2D eigenvalue weighted by Crippen LogP contribution is 2.22. The molecule has 8 heteroatoms. The summed E-state index contributed by atoms with van der Waals surface area (Å²) in [6, 6.07) is 0. The van der Waals surface area contributed by atoms with Crippen molar-refractivity contribution < 1.29 is 20.1 Å². The van der Waals surface area contributed by atoms with E-state index in [1.165, 1.54) is 13.1 Å². The second-order valence-corrected chi connectivity index (χ2v) is 4.25. The van der Waals surface area contributed by atoms with Gasteiger partial charge in [0.1, 0.15) is 18.3 Å². The van der Waals surface area contributed by atoms with E-state index >= 15 is 0 Å². The Bertz CT molecular complexity index is 550. The van der Waals surface area contributed by atoms with Gasteiger partial charge in [-0.1, -0.05) is 0 Å². The molecule has 0 aromatic carbocycles. The van der Waals surface area contributed by atoms with Crippen LogP contribution in [0.1, 0.15) is 11.8 Å². The minimum atomic E-state index is -1.46. The Hall–Kier alpha value is -1.48. The summed E-state index contributed by atoms with van der Waals surface area (Å²) in [5.41, 5.74) is -1.01. The summed E-state index contributed by atoms with van der Waals surface area (Å²) in [5.74, 6) is 0. The van der Waals surface area contributed by atoms with Crippen LogP contribution in [0.15, 0.2) is 15.8 Å². The van der Waals surface area contributed by atoms with E-state index < -0.39 is 35.8 Å². The molecule has 4 atom stereocenters. The molecule has 1 aliphatic rings. The van der Waals surface area contributed by atoms with Crippen molar-refractivity contribution in [2.45, 2.75) is 31.5 Å². The van der Waals surface area contributed by atoms with Gasteiger partial charge in [-0.05, 0) is 6.92 Å². The number of aliphatic hydroxyl groups is 3. The number of ether oxygens (including phenoxy) is 1. The molecule has 1 aromatic rings. The second-order valence-electron chi connectivity index (χ2n) is 4.25.